The number of aromatic nitrogens is 1. The van der Waals surface area contributed by atoms with Gasteiger partial charge in [0.25, 0.3) is 5.91 Å². The number of nitrogens with two attached hydrogens (primary N) is 1. The maximum Gasteiger partial charge on any atom is 0.281 e. The van der Waals surface area contributed by atoms with Gasteiger partial charge in [-0.3, -0.25) is 10.2 Å². The summed E-state index contributed by atoms with van der Waals surface area (Å²) in [6.45, 7) is 2.06. The van der Waals surface area contributed by atoms with E-state index in [0.29, 0.717) is 5.92 Å². The van der Waals surface area contributed by atoms with Crippen LogP contribution in [0.15, 0.2) is 17.2 Å². The lowest BCUT2D eigenvalue weighted by Crippen LogP contribution is -2.40. The molecule has 1 amide bonds. The van der Waals surface area contributed by atoms with E-state index in [1.807, 2.05) is 5.43 Å². The number of nitrogens with one attached hydrogen (secondary N) is 2. The molecule has 0 saturated heterocycles. The van der Waals surface area contributed by atoms with Crippen molar-refractivity contribution in [3.63, 3.8) is 0 Å². The zero-order chi connectivity index (χ0) is 15.6. The van der Waals surface area contributed by atoms with Gasteiger partial charge in [0, 0.05) is 19.3 Å². The maximum atomic E-state index is 12.4. The minimum absolute atomic E-state index is 0.0456. The molecular weight excluding hydrogens is 292 g/mol. The summed E-state index contributed by atoms with van der Waals surface area (Å²) in [5.74, 6) is 4.88. The Morgan fingerprint density at radius 3 is 2.67 bits per heavy atom. The van der Waals surface area contributed by atoms with Crippen LogP contribution < -0.4 is 16.0 Å². The van der Waals surface area contributed by atoms with Gasteiger partial charge in [-0.05, 0) is 24.8 Å². The van der Waals surface area contributed by atoms with Gasteiger partial charge < -0.3 is 4.57 Å². The molecule has 2 unspecified atom stereocenters. The number of sulfonamides is 1. The summed E-state index contributed by atoms with van der Waals surface area (Å²) in [7, 11) is -2.02. The third-order valence-electron chi connectivity index (χ3n) is 4.07. The lowest BCUT2D eigenvalue weighted by Gasteiger charge is -2.29. The number of hydrogen-bond acceptors (Lipinski definition) is 4. The zero-order valence-electron chi connectivity index (χ0n) is 12.3. The van der Waals surface area contributed by atoms with Gasteiger partial charge in [0.05, 0.1) is 0 Å². The summed E-state index contributed by atoms with van der Waals surface area (Å²) in [5.41, 5.74) is 2.20. The van der Waals surface area contributed by atoms with Crippen LogP contribution in [0.1, 0.15) is 43.1 Å². The maximum absolute atomic E-state index is 12.4. The minimum atomic E-state index is -3.63. The molecule has 1 aliphatic rings. The van der Waals surface area contributed by atoms with E-state index >= 15 is 0 Å². The fraction of sp³-hybridized carbons (Fsp3) is 0.615. The summed E-state index contributed by atoms with van der Waals surface area (Å²) in [6.07, 6.45) is 5.48. The Morgan fingerprint density at radius 1 is 1.38 bits per heavy atom. The van der Waals surface area contributed by atoms with Gasteiger partial charge in [0.2, 0.25) is 10.0 Å². The second-order valence-electron chi connectivity index (χ2n) is 5.63. The fourth-order valence-corrected chi connectivity index (χ4v) is 4.19. The summed E-state index contributed by atoms with van der Waals surface area (Å²) in [5, 5.41) is 0. The molecule has 1 aliphatic carbocycles. The topological polar surface area (TPSA) is 106 Å². The number of nitrogen functional groups attached to an aromatic ring is 1. The van der Waals surface area contributed by atoms with E-state index in [0.717, 1.165) is 25.7 Å². The molecule has 1 saturated carbocycles. The molecule has 1 aromatic rings. The first-order valence-corrected chi connectivity index (χ1v) is 8.53. The van der Waals surface area contributed by atoms with Crippen molar-refractivity contribution in [2.45, 2.75) is 43.5 Å². The van der Waals surface area contributed by atoms with Gasteiger partial charge in [-0.2, -0.15) is 0 Å². The van der Waals surface area contributed by atoms with Gasteiger partial charge in [-0.1, -0.05) is 19.8 Å². The molecule has 8 heteroatoms. The highest BCUT2D eigenvalue weighted by Gasteiger charge is 2.28. The van der Waals surface area contributed by atoms with Crippen molar-refractivity contribution in [2.75, 3.05) is 0 Å². The van der Waals surface area contributed by atoms with Crippen LogP contribution in [0.3, 0.4) is 0 Å². The van der Waals surface area contributed by atoms with Gasteiger partial charge in [0.1, 0.15) is 10.6 Å². The molecule has 0 bridgehead atoms. The van der Waals surface area contributed by atoms with Crippen molar-refractivity contribution in [2.24, 2.45) is 18.8 Å². The molecule has 21 heavy (non-hydrogen) atoms. The van der Waals surface area contributed by atoms with Crippen LogP contribution in [-0.4, -0.2) is 24.9 Å². The number of hydrazine groups is 1. The van der Waals surface area contributed by atoms with Gasteiger partial charge in [-0.25, -0.2) is 19.0 Å². The first-order chi connectivity index (χ1) is 9.85. The molecule has 2 atom stereocenters. The molecule has 0 aliphatic heterocycles. The van der Waals surface area contributed by atoms with Crippen LogP contribution in [0.25, 0.3) is 0 Å². The second-order valence-corrected chi connectivity index (χ2v) is 7.35. The van der Waals surface area contributed by atoms with Crippen LogP contribution in [0.2, 0.25) is 0 Å². The van der Waals surface area contributed by atoms with E-state index in [9.17, 15) is 13.2 Å². The van der Waals surface area contributed by atoms with Crippen molar-refractivity contribution < 1.29 is 13.2 Å². The Balaban J connectivity index is 2.21. The number of nitrogens with zero attached hydrogens (tertiary/aromatic N) is 1. The molecule has 4 N–H and O–H groups in total. The Kier molecular flexibility index (Phi) is 4.70. The molecular formula is C13H22N4O3S. The molecule has 0 spiro atoms. The average Bonchev–Trinajstić information content (AvgIpc) is 2.83. The average molecular weight is 314 g/mol. The Labute approximate surface area is 124 Å². The third-order valence-corrected chi connectivity index (χ3v) is 5.53. The van der Waals surface area contributed by atoms with Crippen LogP contribution in [0.4, 0.5) is 0 Å². The third kappa shape index (κ3) is 3.45. The van der Waals surface area contributed by atoms with Crippen LogP contribution >= 0.6 is 0 Å². The van der Waals surface area contributed by atoms with Crippen molar-refractivity contribution >= 4 is 15.9 Å². The van der Waals surface area contributed by atoms with Crippen LogP contribution in [-0.2, 0) is 17.1 Å². The summed E-state index contributed by atoms with van der Waals surface area (Å²) in [4.78, 5) is 11.6. The fourth-order valence-electron chi connectivity index (χ4n) is 2.74. The first-order valence-electron chi connectivity index (χ1n) is 7.05. The van der Waals surface area contributed by atoms with E-state index in [1.54, 1.807) is 7.05 Å². The first kappa shape index (κ1) is 16.0. The normalized spacial score (nSPS) is 23.0. The molecule has 118 valence electrons. The second kappa shape index (κ2) is 6.17. The Hall–Kier alpha value is -1.38. The SMILES string of the molecule is CC1CCCCC1NS(=O)(=O)c1cc(C(=O)NN)n(C)c1. The van der Waals surface area contributed by atoms with Crippen molar-refractivity contribution in [3.8, 4) is 0 Å². The van der Waals surface area contributed by atoms with Crippen LogP contribution in [0.5, 0.6) is 0 Å². The number of carbonyl (C=O) groups is 1. The van der Waals surface area contributed by atoms with E-state index in [-0.39, 0.29) is 16.6 Å². The lowest BCUT2D eigenvalue weighted by atomic mass is 9.87. The summed E-state index contributed by atoms with van der Waals surface area (Å²) in [6, 6.07) is 1.29. The predicted octanol–water partition coefficient (Wildman–Crippen LogP) is 0.486. The highest BCUT2D eigenvalue weighted by Crippen LogP contribution is 2.25. The number of amides is 1. The lowest BCUT2D eigenvalue weighted by molar-refractivity contribution is 0.0945. The van der Waals surface area contributed by atoms with Gasteiger partial charge in [0.15, 0.2) is 0 Å². The zero-order valence-corrected chi connectivity index (χ0v) is 13.1. The molecule has 1 aromatic heterocycles. The van der Waals surface area contributed by atoms with Gasteiger partial charge >= 0.3 is 0 Å². The Morgan fingerprint density at radius 2 is 2.05 bits per heavy atom. The highest BCUT2D eigenvalue weighted by molar-refractivity contribution is 7.89. The predicted molar refractivity (Wildman–Crippen MR) is 78.8 cm³/mol. The van der Waals surface area contributed by atoms with E-state index in [1.165, 1.54) is 16.8 Å². The largest absolute Gasteiger partial charge is 0.345 e. The van der Waals surface area contributed by atoms with Crippen molar-refractivity contribution in [3.05, 3.63) is 18.0 Å². The van der Waals surface area contributed by atoms with Gasteiger partial charge in [-0.15, -0.1) is 0 Å². The number of hydrogen-bond donors (Lipinski definition) is 3. The molecule has 1 heterocycles. The summed E-state index contributed by atoms with van der Waals surface area (Å²) >= 11 is 0. The molecule has 7 nitrogen and oxygen atoms in total. The van der Waals surface area contributed by atoms with Crippen molar-refractivity contribution in [1.82, 2.24) is 14.7 Å². The standard InChI is InChI=1S/C13H22N4O3S/c1-9-5-3-4-6-11(9)16-21(19,20)10-7-12(13(18)15-14)17(2)8-10/h7-9,11,16H,3-6,14H2,1-2H3,(H,15,18). The van der Waals surface area contributed by atoms with E-state index < -0.39 is 15.9 Å². The van der Waals surface area contributed by atoms with Crippen molar-refractivity contribution in [1.29, 1.82) is 0 Å². The molecule has 0 radical (unpaired) electrons. The van der Waals surface area contributed by atoms with E-state index in [4.69, 9.17) is 5.84 Å². The molecule has 2 rings (SSSR count). The smallest absolute Gasteiger partial charge is 0.281 e. The van der Waals surface area contributed by atoms with Crippen LogP contribution in [0, 0.1) is 5.92 Å². The number of rotatable bonds is 4. The quantitative estimate of drug-likeness (QED) is 0.427. The summed E-state index contributed by atoms with van der Waals surface area (Å²) < 4.78 is 29.1. The highest BCUT2D eigenvalue weighted by atomic mass is 32.2. The number of aryl methyl sites for hydroxylation is 1. The molecule has 1 fully saturated rings. The van der Waals surface area contributed by atoms with E-state index in [2.05, 4.69) is 11.6 Å². The molecule has 0 aromatic carbocycles. The number of carbonyl (C=O) groups excluding carboxylic acids is 1. The Bertz CT molecular complexity index is 623. The monoisotopic (exact) mass is 314 g/mol. The minimum Gasteiger partial charge on any atom is -0.345 e.